The van der Waals surface area contributed by atoms with E-state index in [-0.39, 0.29) is 10.0 Å². The van der Waals surface area contributed by atoms with Gasteiger partial charge in [-0.25, -0.2) is 13.6 Å². The lowest BCUT2D eigenvalue weighted by atomic mass is 9.92. The van der Waals surface area contributed by atoms with E-state index in [9.17, 15) is 22.0 Å². The highest BCUT2D eigenvalue weighted by Gasteiger charge is 2.55. The van der Waals surface area contributed by atoms with Gasteiger partial charge in [-0.05, 0) is 39.8 Å². The summed E-state index contributed by atoms with van der Waals surface area (Å²) in [5.74, 6) is -2.45. The van der Waals surface area contributed by atoms with E-state index in [1.54, 1.807) is 20.8 Å². The van der Waals surface area contributed by atoms with E-state index in [0.29, 0.717) is 4.31 Å². The standard InChI is InChI=1S/C14H16BrF2NO5S/c1-13(2,3)23-12(19)18-14(4,7-22-24(18,20)21)9-5-8(15)6-10(16)11(9)17/h5-6H,7H2,1-4H3/t14-/m0/s1. The van der Waals surface area contributed by atoms with Crippen molar-refractivity contribution in [2.24, 2.45) is 0 Å². The van der Waals surface area contributed by atoms with Crippen LogP contribution in [0.5, 0.6) is 0 Å². The fourth-order valence-corrected chi connectivity index (χ4v) is 4.06. The molecule has 0 spiro atoms. The third kappa shape index (κ3) is 3.40. The molecule has 1 saturated heterocycles. The summed E-state index contributed by atoms with van der Waals surface area (Å²) >= 11 is 3.02. The van der Waals surface area contributed by atoms with Crippen molar-refractivity contribution in [2.75, 3.05) is 6.61 Å². The summed E-state index contributed by atoms with van der Waals surface area (Å²) in [6.07, 6.45) is -1.23. The third-order valence-electron chi connectivity index (χ3n) is 3.29. The Balaban J connectivity index is 2.61. The molecule has 6 nitrogen and oxygen atoms in total. The van der Waals surface area contributed by atoms with E-state index in [1.165, 1.54) is 13.0 Å². The van der Waals surface area contributed by atoms with Crippen LogP contribution in [0.4, 0.5) is 13.6 Å². The second kappa shape index (κ2) is 5.92. The lowest BCUT2D eigenvalue weighted by Gasteiger charge is -2.33. The summed E-state index contributed by atoms with van der Waals surface area (Å²) < 4.78 is 62.5. The molecule has 0 bridgehead atoms. The Bertz CT molecular complexity index is 793. The number of hydrogen-bond donors (Lipinski definition) is 0. The lowest BCUT2D eigenvalue weighted by molar-refractivity contribution is 0.0261. The second-order valence-corrected chi connectivity index (χ2v) is 8.86. The van der Waals surface area contributed by atoms with Crippen LogP contribution in [0, 0.1) is 11.6 Å². The van der Waals surface area contributed by atoms with Crippen LogP contribution in [0.3, 0.4) is 0 Å². The van der Waals surface area contributed by atoms with E-state index >= 15 is 0 Å². The number of carbonyl (C=O) groups excluding carboxylic acids is 1. The number of ether oxygens (including phenoxy) is 1. The minimum Gasteiger partial charge on any atom is -0.443 e. The molecule has 134 valence electrons. The molecule has 1 aromatic rings. The molecule has 0 aliphatic carbocycles. The van der Waals surface area contributed by atoms with Gasteiger partial charge in [-0.1, -0.05) is 15.9 Å². The van der Waals surface area contributed by atoms with Crippen molar-refractivity contribution in [1.82, 2.24) is 4.31 Å². The van der Waals surface area contributed by atoms with Crippen LogP contribution in [0.2, 0.25) is 0 Å². The summed E-state index contributed by atoms with van der Waals surface area (Å²) in [5, 5.41) is 0. The van der Waals surface area contributed by atoms with Gasteiger partial charge in [0.05, 0.1) is 6.61 Å². The first-order chi connectivity index (χ1) is 10.8. The number of rotatable bonds is 1. The Morgan fingerprint density at radius 3 is 2.50 bits per heavy atom. The molecule has 1 aliphatic heterocycles. The van der Waals surface area contributed by atoms with Crippen molar-refractivity contribution in [2.45, 2.75) is 38.8 Å². The van der Waals surface area contributed by atoms with Gasteiger partial charge < -0.3 is 4.74 Å². The second-order valence-electron chi connectivity index (χ2n) is 6.49. The summed E-state index contributed by atoms with van der Waals surface area (Å²) in [7, 11) is -4.50. The molecule has 0 aromatic heterocycles. The first kappa shape index (κ1) is 19.1. The monoisotopic (exact) mass is 427 g/mol. The van der Waals surface area contributed by atoms with Crippen LogP contribution in [0.1, 0.15) is 33.3 Å². The van der Waals surface area contributed by atoms with Gasteiger partial charge in [-0.2, -0.15) is 12.7 Å². The van der Waals surface area contributed by atoms with E-state index < -0.39 is 45.8 Å². The van der Waals surface area contributed by atoms with Crippen molar-refractivity contribution in [3.63, 3.8) is 0 Å². The zero-order valence-corrected chi connectivity index (χ0v) is 15.8. The maximum absolute atomic E-state index is 14.3. The van der Waals surface area contributed by atoms with E-state index in [2.05, 4.69) is 20.1 Å². The lowest BCUT2D eigenvalue weighted by Crippen LogP contribution is -2.48. The van der Waals surface area contributed by atoms with Crippen molar-refractivity contribution < 1.29 is 30.9 Å². The maximum Gasteiger partial charge on any atom is 0.426 e. The summed E-state index contributed by atoms with van der Waals surface area (Å²) in [4.78, 5) is 12.4. The van der Waals surface area contributed by atoms with Crippen LogP contribution >= 0.6 is 15.9 Å². The molecule has 2 rings (SSSR count). The van der Waals surface area contributed by atoms with Gasteiger partial charge in [-0.3, -0.25) is 4.18 Å². The molecule has 1 fully saturated rings. The molecule has 10 heteroatoms. The minimum absolute atomic E-state index is 0.186. The topological polar surface area (TPSA) is 72.9 Å². The zero-order chi connectivity index (χ0) is 18.5. The van der Waals surface area contributed by atoms with Crippen LogP contribution in [-0.4, -0.2) is 31.0 Å². The van der Waals surface area contributed by atoms with Gasteiger partial charge in [-0.15, -0.1) is 0 Å². The maximum atomic E-state index is 14.3. The average molecular weight is 428 g/mol. The Kier molecular flexibility index (Phi) is 4.70. The highest BCUT2D eigenvalue weighted by Crippen LogP contribution is 2.41. The molecule has 0 radical (unpaired) electrons. The van der Waals surface area contributed by atoms with Crippen LogP contribution in [0.25, 0.3) is 0 Å². The van der Waals surface area contributed by atoms with Crippen molar-refractivity contribution in [3.05, 3.63) is 33.8 Å². The number of benzene rings is 1. The Morgan fingerprint density at radius 2 is 1.96 bits per heavy atom. The van der Waals surface area contributed by atoms with Crippen LogP contribution in [-0.2, 0) is 24.8 Å². The van der Waals surface area contributed by atoms with Gasteiger partial charge >= 0.3 is 16.4 Å². The van der Waals surface area contributed by atoms with Gasteiger partial charge in [0.25, 0.3) is 0 Å². The Hall–Kier alpha value is -1.26. The fraction of sp³-hybridized carbons (Fsp3) is 0.500. The average Bonchev–Trinajstić information content (AvgIpc) is 2.63. The van der Waals surface area contributed by atoms with Gasteiger partial charge in [0.15, 0.2) is 11.6 Å². The molecule has 0 N–H and O–H groups in total. The first-order valence-electron chi connectivity index (χ1n) is 6.86. The predicted octanol–water partition coefficient (Wildman–Crippen LogP) is 3.45. The molecule has 0 saturated carbocycles. The molecule has 1 amide bonds. The van der Waals surface area contributed by atoms with Crippen molar-refractivity contribution in [1.29, 1.82) is 0 Å². The molecular formula is C14H16BrF2NO5S. The number of halogens is 3. The van der Waals surface area contributed by atoms with Crippen LogP contribution in [0.15, 0.2) is 16.6 Å². The zero-order valence-electron chi connectivity index (χ0n) is 13.4. The number of nitrogens with zero attached hydrogens (tertiary/aromatic N) is 1. The van der Waals surface area contributed by atoms with E-state index in [1.807, 2.05) is 0 Å². The van der Waals surface area contributed by atoms with Crippen LogP contribution < -0.4 is 0 Å². The number of hydrogen-bond acceptors (Lipinski definition) is 5. The summed E-state index contributed by atoms with van der Waals surface area (Å²) in [6.45, 7) is 5.33. The van der Waals surface area contributed by atoms with Gasteiger partial charge in [0.1, 0.15) is 11.1 Å². The molecule has 0 unspecified atom stereocenters. The predicted molar refractivity (Wildman–Crippen MR) is 84.4 cm³/mol. The molecule has 24 heavy (non-hydrogen) atoms. The summed E-state index contributed by atoms with van der Waals surface area (Å²) in [6, 6.07) is 2.09. The largest absolute Gasteiger partial charge is 0.443 e. The number of amides is 1. The first-order valence-corrected chi connectivity index (χ1v) is 9.01. The quantitative estimate of drug-likeness (QED) is 0.641. The Morgan fingerprint density at radius 1 is 1.38 bits per heavy atom. The number of carbonyl (C=O) groups is 1. The molecule has 1 aliphatic rings. The normalized spacial score (nSPS) is 23.4. The van der Waals surface area contributed by atoms with E-state index in [4.69, 9.17) is 4.74 Å². The highest BCUT2D eigenvalue weighted by molar-refractivity contribution is 9.10. The highest BCUT2D eigenvalue weighted by atomic mass is 79.9. The molecule has 1 aromatic carbocycles. The molecular weight excluding hydrogens is 412 g/mol. The third-order valence-corrected chi connectivity index (χ3v) is 5.17. The SMILES string of the molecule is CC(C)(C)OC(=O)N1[C@](C)(c2cc(Br)cc(F)c2F)COS1(=O)=O. The Labute approximate surface area is 147 Å². The van der Waals surface area contributed by atoms with E-state index in [0.717, 1.165) is 6.07 Å². The minimum atomic E-state index is -4.50. The molecule has 1 heterocycles. The summed E-state index contributed by atoms with van der Waals surface area (Å²) in [5.41, 5.74) is -3.13. The van der Waals surface area contributed by atoms with Crippen molar-refractivity contribution in [3.8, 4) is 0 Å². The van der Waals surface area contributed by atoms with Crippen molar-refractivity contribution >= 4 is 32.3 Å². The smallest absolute Gasteiger partial charge is 0.426 e. The fourth-order valence-electron chi connectivity index (χ4n) is 2.28. The van der Waals surface area contributed by atoms with Gasteiger partial charge in [0, 0.05) is 10.0 Å². The molecule has 1 atom stereocenters. The van der Waals surface area contributed by atoms with Gasteiger partial charge in [0.2, 0.25) is 0 Å².